The largest absolute Gasteiger partial charge is 0.361 e. The predicted molar refractivity (Wildman–Crippen MR) is 95.3 cm³/mol. The van der Waals surface area contributed by atoms with E-state index < -0.39 is 0 Å². The van der Waals surface area contributed by atoms with Crippen molar-refractivity contribution in [3.8, 4) is 0 Å². The standard InChI is InChI=1S/C18H25N3O2S/c1-3-16-17(13(2)23-20-16)18(22)19-10-14-6-4-8-21(11-14)12-15-7-5-9-24-15/h5,7,9,14H,3-4,6,8,10-12H2,1-2H3,(H,19,22)/t14-/m1/s1. The fourth-order valence-corrected chi connectivity index (χ4v) is 4.11. The Labute approximate surface area is 147 Å². The summed E-state index contributed by atoms with van der Waals surface area (Å²) in [6.45, 7) is 7.71. The summed E-state index contributed by atoms with van der Waals surface area (Å²) in [6, 6.07) is 4.30. The summed E-state index contributed by atoms with van der Waals surface area (Å²) in [4.78, 5) is 16.4. The predicted octanol–water partition coefficient (Wildman–Crippen LogP) is 3.25. The van der Waals surface area contributed by atoms with Gasteiger partial charge in [0.1, 0.15) is 11.3 Å². The van der Waals surface area contributed by atoms with Gasteiger partial charge in [-0.05, 0) is 50.1 Å². The summed E-state index contributed by atoms with van der Waals surface area (Å²) in [5, 5.41) is 9.18. The van der Waals surface area contributed by atoms with E-state index in [1.54, 1.807) is 6.92 Å². The van der Waals surface area contributed by atoms with Crippen LogP contribution in [-0.4, -0.2) is 35.6 Å². The van der Waals surface area contributed by atoms with Gasteiger partial charge in [-0.3, -0.25) is 9.69 Å². The molecule has 5 nitrogen and oxygen atoms in total. The van der Waals surface area contributed by atoms with Gasteiger partial charge >= 0.3 is 0 Å². The van der Waals surface area contributed by atoms with E-state index in [4.69, 9.17) is 4.52 Å². The van der Waals surface area contributed by atoms with Crippen LogP contribution in [0, 0.1) is 12.8 Å². The first-order chi connectivity index (χ1) is 11.7. The molecule has 1 aliphatic heterocycles. The van der Waals surface area contributed by atoms with Crippen LogP contribution in [0.5, 0.6) is 0 Å². The number of carbonyl (C=O) groups excluding carboxylic acids is 1. The molecule has 2 aromatic rings. The van der Waals surface area contributed by atoms with E-state index in [2.05, 4.69) is 32.9 Å². The Morgan fingerprint density at radius 1 is 1.54 bits per heavy atom. The third-order valence-electron chi connectivity index (χ3n) is 4.61. The Morgan fingerprint density at radius 3 is 3.17 bits per heavy atom. The summed E-state index contributed by atoms with van der Waals surface area (Å²) < 4.78 is 5.16. The number of piperidine rings is 1. The van der Waals surface area contributed by atoms with Gasteiger partial charge in [-0.2, -0.15) is 0 Å². The van der Waals surface area contributed by atoms with E-state index in [0.29, 0.717) is 30.2 Å². The highest BCUT2D eigenvalue weighted by atomic mass is 32.1. The molecule has 1 saturated heterocycles. The number of aryl methyl sites for hydroxylation is 2. The zero-order chi connectivity index (χ0) is 16.9. The molecule has 0 bridgehead atoms. The van der Waals surface area contributed by atoms with Crippen LogP contribution >= 0.6 is 11.3 Å². The molecular weight excluding hydrogens is 322 g/mol. The number of amides is 1. The topological polar surface area (TPSA) is 58.4 Å². The number of hydrogen-bond acceptors (Lipinski definition) is 5. The minimum atomic E-state index is -0.0546. The lowest BCUT2D eigenvalue weighted by atomic mass is 9.97. The van der Waals surface area contributed by atoms with Gasteiger partial charge < -0.3 is 9.84 Å². The second-order valence-electron chi connectivity index (χ2n) is 6.45. The quantitative estimate of drug-likeness (QED) is 0.871. The molecule has 0 aromatic carbocycles. The number of nitrogens with one attached hydrogen (secondary N) is 1. The van der Waals surface area contributed by atoms with Crippen molar-refractivity contribution >= 4 is 17.2 Å². The molecule has 1 amide bonds. The first-order valence-corrected chi connectivity index (χ1v) is 9.53. The molecule has 1 fully saturated rings. The van der Waals surface area contributed by atoms with Crippen LogP contribution in [0.3, 0.4) is 0 Å². The van der Waals surface area contributed by atoms with E-state index in [1.165, 1.54) is 17.7 Å². The van der Waals surface area contributed by atoms with Gasteiger partial charge in [0.05, 0.1) is 5.69 Å². The molecule has 0 unspecified atom stereocenters. The zero-order valence-electron chi connectivity index (χ0n) is 14.4. The van der Waals surface area contributed by atoms with Crippen molar-refractivity contribution in [1.82, 2.24) is 15.4 Å². The molecule has 1 atom stereocenters. The first kappa shape index (κ1) is 17.2. The van der Waals surface area contributed by atoms with Crippen LogP contribution in [0.2, 0.25) is 0 Å². The van der Waals surface area contributed by atoms with Crippen LogP contribution in [0.1, 0.15) is 46.5 Å². The molecule has 3 rings (SSSR count). The van der Waals surface area contributed by atoms with Crippen molar-refractivity contribution in [2.75, 3.05) is 19.6 Å². The lowest BCUT2D eigenvalue weighted by Gasteiger charge is -2.32. The van der Waals surface area contributed by atoms with Gasteiger partial charge in [-0.1, -0.05) is 18.1 Å². The second kappa shape index (κ2) is 7.94. The summed E-state index contributed by atoms with van der Waals surface area (Å²) in [6.07, 6.45) is 3.07. The second-order valence-corrected chi connectivity index (χ2v) is 7.48. The maximum atomic E-state index is 12.5. The minimum absolute atomic E-state index is 0.0546. The number of nitrogens with zero attached hydrogens (tertiary/aromatic N) is 2. The molecule has 130 valence electrons. The van der Waals surface area contributed by atoms with Crippen LogP contribution in [0.25, 0.3) is 0 Å². The lowest BCUT2D eigenvalue weighted by molar-refractivity contribution is 0.0928. The highest BCUT2D eigenvalue weighted by molar-refractivity contribution is 7.09. The monoisotopic (exact) mass is 347 g/mol. The van der Waals surface area contributed by atoms with Crippen LogP contribution < -0.4 is 5.32 Å². The molecule has 1 aliphatic rings. The molecule has 6 heteroatoms. The number of hydrogen-bond donors (Lipinski definition) is 1. The molecular formula is C18H25N3O2S. The van der Waals surface area contributed by atoms with Gasteiger partial charge in [-0.15, -0.1) is 11.3 Å². The van der Waals surface area contributed by atoms with E-state index in [0.717, 1.165) is 25.3 Å². The maximum absolute atomic E-state index is 12.5. The number of rotatable bonds is 6. The average molecular weight is 347 g/mol. The Hall–Kier alpha value is -1.66. The van der Waals surface area contributed by atoms with Gasteiger partial charge in [-0.25, -0.2) is 0 Å². The zero-order valence-corrected chi connectivity index (χ0v) is 15.2. The van der Waals surface area contributed by atoms with Crippen molar-refractivity contribution in [1.29, 1.82) is 0 Å². The Balaban J connectivity index is 1.52. The smallest absolute Gasteiger partial charge is 0.256 e. The fraction of sp³-hybridized carbons (Fsp3) is 0.556. The van der Waals surface area contributed by atoms with Crippen LogP contribution in [0.15, 0.2) is 22.0 Å². The summed E-state index contributed by atoms with van der Waals surface area (Å²) in [5.41, 5.74) is 1.36. The number of carbonyl (C=O) groups is 1. The van der Waals surface area contributed by atoms with Gasteiger partial charge in [0.25, 0.3) is 5.91 Å². The fourth-order valence-electron chi connectivity index (χ4n) is 3.36. The highest BCUT2D eigenvalue weighted by Gasteiger charge is 2.23. The Morgan fingerprint density at radius 2 is 2.42 bits per heavy atom. The summed E-state index contributed by atoms with van der Waals surface area (Å²) >= 11 is 1.81. The highest BCUT2D eigenvalue weighted by Crippen LogP contribution is 2.20. The third kappa shape index (κ3) is 4.05. The molecule has 2 aromatic heterocycles. The minimum Gasteiger partial charge on any atom is -0.361 e. The average Bonchev–Trinajstić information content (AvgIpc) is 3.22. The van der Waals surface area contributed by atoms with Gasteiger partial charge in [0.15, 0.2) is 0 Å². The molecule has 3 heterocycles. The lowest BCUT2D eigenvalue weighted by Crippen LogP contribution is -2.40. The van der Waals surface area contributed by atoms with Crippen LogP contribution in [0.4, 0.5) is 0 Å². The summed E-state index contributed by atoms with van der Waals surface area (Å²) in [5.74, 6) is 1.06. The summed E-state index contributed by atoms with van der Waals surface area (Å²) in [7, 11) is 0. The van der Waals surface area contributed by atoms with E-state index in [9.17, 15) is 4.79 Å². The van der Waals surface area contributed by atoms with Crippen LogP contribution in [-0.2, 0) is 13.0 Å². The molecule has 24 heavy (non-hydrogen) atoms. The third-order valence-corrected chi connectivity index (χ3v) is 5.47. The molecule has 1 N–H and O–H groups in total. The molecule has 0 radical (unpaired) electrons. The number of likely N-dealkylation sites (tertiary alicyclic amines) is 1. The first-order valence-electron chi connectivity index (χ1n) is 8.65. The van der Waals surface area contributed by atoms with Gasteiger partial charge in [0, 0.05) is 24.5 Å². The Kier molecular flexibility index (Phi) is 5.68. The van der Waals surface area contributed by atoms with Crippen molar-refractivity contribution in [2.24, 2.45) is 5.92 Å². The van der Waals surface area contributed by atoms with Gasteiger partial charge in [0.2, 0.25) is 0 Å². The van der Waals surface area contributed by atoms with Crippen molar-refractivity contribution in [3.05, 3.63) is 39.4 Å². The van der Waals surface area contributed by atoms with Crippen molar-refractivity contribution < 1.29 is 9.32 Å². The van der Waals surface area contributed by atoms with E-state index >= 15 is 0 Å². The van der Waals surface area contributed by atoms with Crippen molar-refractivity contribution in [2.45, 2.75) is 39.7 Å². The molecule has 0 spiro atoms. The molecule has 0 saturated carbocycles. The number of aromatic nitrogens is 1. The molecule has 0 aliphatic carbocycles. The van der Waals surface area contributed by atoms with E-state index in [1.807, 2.05) is 18.3 Å². The Bertz CT molecular complexity index is 666. The van der Waals surface area contributed by atoms with E-state index in [-0.39, 0.29) is 5.91 Å². The normalized spacial score (nSPS) is 18.7. The number of thiophene rings is 1. The van der Waals surface area contributed by atoms with Crippen molar-refractivity contribution in [3.63, 3.8) is 0 Å². The maximum Gasteiger partial charge on any atom is 0.256 e. The SMILES string of the molecule is CCc1noc(C)c1C(=O)NC[C@H]1CCCN(Cc2cccs2)C1.